The fourth-order valence-electron chi connectivity index (χ4n) is 1.89. The van der Waals surface area contributed by atoms with Gasteiger partial charge in [0.25, 0.3) is 5.56 Å². The van der Waals surface area contributed by atoms with Crippen LogP contribution in [0.25, 0.3) is 0 Å². The molecule has 17 heavy (non-hydrogen) atoms. The number of hydrogen-bond donors (Lipinski definition) is 2. The first-order valence-electron chi connectivity index (χ1n) is 5.40. The molecular weight excluding hydrogens is 224 g/mol. The third-order valence-electron chi connectivity index (χ3n) is 2.81. The lowest BCUT2D eigenvalue weighted by atomic mass is 10.3. The Morgan fingerprint density at radius 2 is 1.82 bits per heavy atom. The monoisotopic (exact) mass is 238 g/mol. The van der Waals surface area contributed by atoms with Crippen molar-refractivity contribution >= 4 is 11.7 Å². The number of anilines is 1. The minimum atomic E-state index is -0.513. The van der Waals surface area contributed by atoms with Gasteiger partial charge in [0.2, 0.25) is 5.91 Å². The Kier molecular flexibility index (Phi) is 2.99. The third kappa shape index (κ3) is 2.55. The molecule has 1 aliphatic rings. The van der Waals surface area contributed by atoms with Crippen LogP contribution in [0.1, 0.15) is 6.92 Å². The molecule has 0 aromatic carbocycles. The number of aromatic nitrogens is 2. The lowest BCUT2D eigenvalue weighted by Gasteiger charge is -2.34. The molecule has 2 heterocycles. The second-order valence-corrected chi connectivity index (χ2v) is 3.97. The molecule has 0 spiro atoms. The highest BCUT2D eigenvalue weighted by Crippen LogP contribution is 2.09. The van der Waals surface area contributed by atoms with Gasteiger partial charge >= 0.3 is 5.69 Å². The quantitative estimate of drug-likeness (QED) is 0.638. The van der Waals surface area contributed by atoms with Crippen LogP contribution in [0.15, 0.2) is 15.7 Å². The number of carbonyl (C=O) groups is 1. The number of rotatable bonds is 1. The van der Waals surface area contributed by atoms with Gasteiger partial charge in [-0.25, -0.2) is 4.79 Å². The zero-order valence-electron chi connectivity index (χ0n) is 9.52. The molecule has 1 amide bonds. The molecule has 7 heteroatoms. The van der Waals surface area contributed by atoms with Crippen molar-refractivity contribution in [1.82, 2.24) is 14.9 Å². The van der Waals surface area contributed by atoms with Crippen molar-refractivity contribution in [2.75, 3.05) is 31.1 Å². The van der Waals surface area contributed by atoms with Gasteiger partial charge in [-0.3, -0.25) is 19.6 Å². The summed E-state index contributed by atoms with van der Waals surface area (Å²) in [6.45, 7) is 3.96. The Morgan fingerprint density at radius 3 is 2.35 bits per heavy atom. The van der Waals surface area contributed by atoms with E-state index in [0.29, 0.717) is 32.0 Å². The second-order valence-electron chi connectivity index (χ2n) is 3.97. The first-order chi connectivity index (χ1) is 8.06. The lowest BCUT2D eigenvalue weighted by molar-refractivity contribution is -0.129. The Labute approximate surface area is 97.1 Å². The van der Waals surface area contributed by atoms with E-state index >= 15 is 0 Å². The van der Waals surface area contributed by atoms with Gasteiger partial charge in [-0.05, 0) is 0 Å². The van der Waals surface area contributed by atoms with Crippen molar-refractivity contribution in [3.63, 3.8) is 0 Å². The number of aromatic amines is 2. The maximum absolute atomic E-state index is 11.2. The first-order valence-corrected chi connectivity index (χ1v) is 5.40. The van der Waals surface area contributed by atoms with Crippen LogP contribution in [0.5, 0.6) is 0 Å². The van der Waals surface area contributed by atoms with Crippen LogP contribution < -0.4 is 16.1 Å². The van der Waals surface area contributed by atoms with Gasteiger partial charge in [-0.1, -0.05) is 0 Å². The number of nitrogens with zero attached hydrogens (tertiary/aromatic N) is 2. The van der Waals surface area contributed by atoms with Crippen LogP contribution in [0.2, 0.25) is 0 Å². The Balaban J connectivity index is 2.13. The van der Waals surface area contributed by atoms with Gasteiger partial charge in [-0.2, -0.15) is 0 Å². The highest BCUT2D eigenvalue weighted by atomic mass is 16.2. The van der Waals surface area contributed by atoms with Crippen LogP contribution >= 0.6 is 0 Å². The van der Waals surface area contributed by atoms with Crippen molar-refractivity contribution in [3.8, 4) is 0 Å². The summed E-state index contributed by atoms with van der Waals surface area (Å²) in [4.78, 5) is 41.7. The largest absolute Gasteiger partial charge is 0.354 e. The summed E-state index contributed by atoms with van der Waals surface area (Å²) >= 11 is 0. The molecule has 92 valence electrons. The van der Waals surface area contributed by atoms with Crippen molar-refractivity contribution in [1.29, 1.82) is 0 Å². The minimum Gasteiger partial charge on any atom is -0.354 e. The molecule has 7 nitrogen and oxygen atoms in total. The second kappa shape index (κ2) is 4.44. The van der Waals surface area contributed by atoms with Crippen LogP contribution in [0.4, 0.5) is 5.82 Å². The molecule has 1 aliphatic heterocycles. The summed E-state index contributed by atoms with van der Waals surface area (Å²) in [7, 11) is 0. The fourth-order valence-corrected chi connectivity index (χ4v) is 1.89. The zero-order valence-corrected chi connectivity index (χ0v) is 9.52. The van der Waals surface area contributed by atoms with E-state index in [1.807, 2.05) is 4.90 Å². The van der Waals surface area contributed by atoms with Crippen LogP contribution in [0, 0.1) is 0 Å². The SMILES string of the molecule is CC(=O)N1CCN(c2cc(=O)[nH]c(=O)[nH]2)CC1. The zero-order chi connectivity index (χ0) is 12.4. The molecular formula is C10H14N4O3. The van der Waals surface area contributed by atoms with E-state index in [9.17, 15) is 14.4 Å². The molecule has 0 radical (unpaired) electrons. The molecule has 1 fully saturated rings. The molecule has 2 rings (SSSR count). The van der Waals surface area contributed by atoms with E-state index in [1.54, 1.807) is 4.90 Å². The Morgan fingerprint density at radius 1 is 1.18 bits per heavy atom. The van der Waals surface area contributed by atoms with Gasteiger partial charge in [0.1, 0.15) is 5.82 Å². The smallest absolute Gasteiger partial charge is 0.327 e. The average Bonchev–Trinajstić information content (AvgIpc) is 2.28. The molecule has 2 N–H and O–H groups in total. The van der Waals surface area contributed by atoms with Crippen LogP contribution in [-0.2, 0) is 4.79 Å². The summed E-state index contributed by atoms with van der Waals surface area (Å²) < 4.78 is 0. The molecule has 0 unspecified atom stereocenters. The first kappa shape index (κ1) is 11.4. The average molecular weight is 238 g/mol. The predicted molar refractivity (Wildman–Crippen MR) is 62.2 cm³/mol. The number of nitrogens with one attached hydrogen (secondary N) is 2. The maximum Gasteiger partial charge on any atom is 0.327 e. The number of hydrogen-bond acceptors (Lipinski definition) is 4. The van der Waals surface area contributed by atoms with Gasteiger partial charge in [0.15, 0.2) is 0 Å². The summed E-state index contributed by atoms with van der Waals surface area (Å²) in [5, 5.41) is 0. The fraction of sp³-hybridized carbons (Fsp3) is 0.500. The molecule has 0 bridgehead atoms. The highest BCUT2D eigenvalue weighted by molar-refractivity contribution is 5.73. The van der Waals surface area contributed by atoms with E-state index in [4.69, 9.17) is 0 Å². The normalized spacial score (nSPS) is 16.1. The van der Waals surface area contributed by atoms with Crippen molar-refractivity contribution in [2.45, 2.75) is 6.92 Å². The third-order valence-corrected chi connectivity index (χ3v) is 2.81. The van der Waals surface area contributed by atoms with Crippen LogP contribution in [0.3, 0.4) is 0 Å². The van der Waals surface area contributed by atoms with E-state index in [0.717, 1.165) is 0 Å². The lowest BCUT2D eigenvalue weighted by Crippen LogP contribution is -2.49. The van der Waals surface area contributed by atoms with Gasteiger partial charge in [0.05, 0.1) is 0 Å². The number of amides is 1. The number of H-pyrrole nitrogens is 2. The maximum atomic E-state index is 11.2. The van der Waals surface area contributed by atoms with Crippen molar-refractivity contribution in [2.24, 2.45) is 0 Å². The predicted octanol–water partition coefficient (Wildman–Crippen LogP) is -1.27. The van der Waals surface area contributed by atoms with Crippen molar-refractivity contribution in [3.05, 3.63) is 26.9 Å². The molecule has 1 aromatic heterocycles. The van der Waals surface area contributed by atoms with Crippen molar-refractivity contribution < 1.29 is 4.79 Å². The van der Waals surface area contributed by atoms with E-state index < -0.39 is 11.2 Å². The standard InChI is InChI=1S/C10H14N4O3/c1-7(15)13-2-4-14(5-3-13)8-6-9(16)12-10(17)11-8/h6H,2-5H2,1H3,(H2,11,12,16,17). The van der Waals surface area contributed by atoms with E-state index in [-0.39, 0.29) is 5.91 Å². The van der Waals surface area contributed by atoms with Gasteiger partial charge in [0, 0.05) is 39.2 Å². The van der Waals surface area contributed by atoms with Gasteiger partial charge in [-0.15, -0.1) is 0 Å². The molecule has 1 aromatic rings. The van der Waals surface area contributed by atoms with Crippen LogP contribution in [-0.4, -0.2) is 47.0 Å². The Hall–Kier alpha value is -2.05. The molecule has 1 saturated heterocycles. The molecule has 0 saturated carbocycles. The highest BCUT2D eigenvalue weighted by Gasteiger charge is 2.19. The molecule has 0 atom stereocenters. The topological polar surface area (TPSA) is 89.3 Å². The van der Waals surface area contributed by atoms with E-state index in [1.165, 1.54) is 13.0 Å². The van der Waals surface area contributed by atoms with E-state index in [2.05, 4.69) is 9.97 Å². The Bertz CT molecular complexity index is 497. The summed E-state index contributed by atoms with van der Waals surface area (Å²) in [6, 6.07) is 1.35. The summed E-state index contributed by atoms with van der Waals surface area (Å²) in [6.07, 6.45) is 0. The number of carbonyl (C=O) groups excluding carboxylic acids is 1. The summed E-state index contributed by atoms with van der Waals surface area (Å²) in [5.41, 5.74) is -0.931. The minimum absolute atomic E-state index is 0.0454. The summed E-state index contributed by atoms with van der Waals surface area (Å²) in [5.74, 6) is 0.547. The number of piperazine rings is 1. The van der Waals surface area contributed by atoms with Gasteiger partial charge < -0.3 is 9.80 Å². The molecule has 0 aliphatic carbocycles.